The summed E-state index contributed by atoms with van der Waals surface area (Å²) in [5.74, 6) is 2.40. The molecule has 3 heterocycles. The maximum atomic E-state index is 5.40. The first-order valence-electron chi connectivity index (χ1n) is 8.52. The van der Waals surface area contributed by atoms with E-state index in [2.05, 4.69) is 53.3 Å². The van der Waals surface area contributed by atoms with Crippen LogP contribution in [0.3, 0.4) is 0 Å². The predicted octanol–water partition coefficient (Wildman–Crippen LogP) is 4.29. The largest absolute Gasteiger partial charge is 0.469 e. The monoisotopic (exact) mass is 332 g/mol. The smallest absolute Gasteiger partial charge is 0.171 e. The molecule has 0 amide bonds. The molecule has 0 atom stereocenters. The van der Waals surface area contributed by atoms with Crippen LogP contribution < -0.4 is 0 Å². The molecule has 0 spiro atoms. The van der Waals surface area contributed by atoms with E-state index in [0.717, 1.165) is 41.2 Å². The van der Waals surface area contributed by atoms with Crippen molar-refractivity contribution in [1.82, 2.24) is 19.6 Å². The zero-order chi connectivity index (χ0) is 17.2. The van der Waals surface area contributed by atoms with Crippen LogP contribution in [0.5, 0.6) is 0 Å². The highest BCUT2D eigenvalue weighted by atomic mass is 16.3. The van der Waals surface area contributed by atoms with Gasteiger partial charge in [0.05, 0.1) is 6.26 Å². The van der Waals surface area contributed by atoms with Gasteiger partial charge in [0.2, 0.25) is 0 Å². The minimum Gasteiger partial charge on any atom is -0.469 e. The molecule has 4 aromatic rings. The Kier molecular flexibility index (Phi) is 4.06. The second-order valence-electron chi connectivity index (χ2n) is 6.47. The van der Waals surface area contributed by atoms with E-state index in [0.29, 0.717) is 5.92 Å². The molecule has 1 aromatic carbocycles. The summed E-state index contributed by atoms with van der Waals surface area (Å²) in [6.07, 6.45) is 6.89. The van der Waals surface area contributed by atoms with Gasteiger partial charge < -0.3 is 4.42 Å². The van der Waals surface area contributed by atoms with Crippen LogP contribution in [0.2, 0.25) is 0 Å². The van der Waals surface area contributed by atoms with Crippen LogP contribution >= 0.6 is 0 Å². The number of fused-ring (bicyclic) bond motifs is 1. The first kappa shape index (κ1) is 15.6. The summed E-state index contributed by atoms with van der Waals surface area (Å²) in [4.78, 5) is 4.65. The van der Waals surface area contributed by atoms with Crippen LogP contribution in [0.15, 0.2) is 59.6 Å². The fourth-order valence-corrected chi connectivity index (χ4v) is 2.99. The lowest BCUT2D eigenvalue weighted by Gasteiger charge is -2.09. The van der Waals surface area contributed by atoms with E-state index in [9.17, 15) is 0 Å². The van der Waals surface area contributed by atoms with Gasteiger partial charge in [0.15, 0.2) is 5.65 Å². The van der Waals surface area contributed by atoms with Gasteiger partial charge in [-0.2, -0.15) is 0 Å². The molecule has 0 bridgehead atoms. The van der Waals surface area contributed by atoms with Crippen molar-refractivity contribution in [3.05, 3.63) is 72.3 Å². The number of benzene rings is 1. The summed E-state index contributed by atoms with van der Waals surface area (Å²) in [5.41, 5.74) is 4.26. The van der Waals surface area contributed by atoms with Crippen molar-refractivity contribution in [1.29, 1.82) is 0 Å². The number of nitrogens with zero attached hydrogens (tertiary/aromatic N) is 4. The van der Waals surface area contributed by atoms with Crippen LogP contribution in [0.4, 0.5) is 0 Å². The Balaban J connectivity index is 1.67. The van der Waals surface area contributed by atoms with E-state index in [4.69, 9.17) is 4.42 Å². The molecule has 0 saturated heterocycles. The van der Waals surface area contributed by atoms with E-state index in [1.54, 1.807) is 12.6 Å². The third-order valence-electron chi connectivity index (χ3n) is 4.47. The Labute approximate surface area is 146 Å². The van der Waals surface area contributed by atoms with Gasteiger partial charge in [-0.3, -0.25) is 4.40 Å². The molecule has 5 nitrogen and oxygen atoms in total. The van der Waals surface area contributed by atoms with Crippen molar-refractivity contribution in [2.45, 2.75) is 32.6 Å². The Hall–Kier alpha value is -2.95. The number of rotatable bonds is 5. The van der Waals surface area contributed by atoms with E-state index in [-0.39, 0.29) is 0 Å². The summed E-state index contributed by atoms with van der Waals surface area (Å²) >= 11 is 0. The molecule has 4 rings (SSSR count). The SMILES string of the molecule is CC(C)c1ccc(-c2cnc(CCc3ccco3)n3cnnc23)cc1. The summed E-state index contributed by atoms with van der Waals surface area (Å²) < 4.78 is 7.37. The van der Waals surface area contributed by atoms with Crippen LogP contribution in [-0.2, 0) is 12.8 Å². The molecular weight excluding hydrogens is 312 g/mol. The second kappa shape index (κ2) is 6.51. The van der Waals surface area contributed by atoms with Gasteiger partial charge in [0.25, 0.3) is 0 Å². The highest BCUT2D eigenvalue weighted by molar-refractivity contribution is 5.76. The molecule has 0 unspecified atom stereocenters. The van der Waals surface area contributed by atoms with Gasteiger partial charge in [-0.15, -0.1) is 10.2 Å². The molecule has 5 heteroatoms. The number of hydrogen-bond donors (Lipinski definition) is 0. The van der Waals surface area contributed by atoms with Gasteiger partial charge in [-0.05, 0) is 29.2 Å². The lowest BCUT2D eigenvalue weighted by Crippen LogP contribution is -2.03. The molecule has 0 N–H and O–H groups in total. The standard InChI is InChI=1S/C20H20N4O/c1-14(2)15-5-7-16(8-6-15)18-12-21-19(24-13-22-23-20(18)24)10-9-17-4-3-11-25-17/h3-8,11-14H,9-10H2,1-2H3. The lowest BCUT2D eigenvalue weighted by atomic mass is 10.00. The van der Waals surface area contributed by atoms with Crippen LogP contribution in [-0.4, -0.2) is 19.6 Å². The molecule has 0 radical (unpaired) electrons. The average Bonchev–Trinajstić information content (AvgIpc) is 3.31. The summed E-state index contributed by atoms with van der Waals surface area (Å²) in [6.45, 7) is 4.39. The molecule has 0 fully saturated rings. The number of hydrogen-bond acceptors (Lipinski definition) is 4. The van der Waals surface area contributed by atoms with Gasteiger partial charge in [0.1, 0.15) is 17.9 Å². The van der Waals surface area contributed by atoms with Gasteiger partial charge in [-0.25, -0.2) is 4.98 Å². The molecule has 25 heavy (non-hydrogen) atoms. The van der Waals surface area contributed by atoms with Crippen molar-refractivity contribution in [3.63, 3.8) is 0 Å². The van der Waals surface area contributed by atoms with E-state index >= 15 is 0 Å². The Morgan fingerprint density at radius 2 is 1.92 bits per heavy atom. The van der Waals surface area contributed by atoms with E-state index in [1.807, 2.05) is 22.7 Å². The zero-order valence-corrected chi connectivity index (χ0v) is 14.4. The first-order valence-corrected chi connectivity index (χ1v) is 8.52. The molecule has 0 aliphatic heterocycles. The molecule has 0 saturated carbocycles. The topological polar surface area (TPSA) is 56.2 Å². The predicted molar refractivity (Wildman–Crippen MR) is 96.4 cm³/mol. The maximum absolute atomic E-state index is 5.40. The first-order chi connectivity index (χ1) is 12.2. The lowest BCUT2D eigenvalue weighted by molar-refractivity contribution is 0.506. The maximum Gasteiger partial charge on any atom is 0.171 e. The van der Waals surface area contributed by atoms with Crippen LogP contribution in [0.25, 0.3) is 16.8 Å². The normalized spacial score (nSPS) is 11.5. The Bertz CT molecular complexity index is 969. The van der Waals surface area contributed by atoms with Crippen molar-refractivity contribution < 1.29 is 4.42 Å². The summed E-state index contributed by atoms with van der Waals surface area (Å²) in [6, 6.07) is 12.5. The van der Waals surface area contributed by atoms with E-state index in [1.165, 1.54) is 5.56 Å². The van der Waals surface area contributed by atoms with Crippen molar-refractivity contribution in [2.24, 2.45) is 0 Å². The highest BCUT2D eigenvalue weighted by Crippen LogP contribution is 2.25. The van der Waals surface area contributed by atoms with Gasteiger partial charge >= 0.3 is 0 Å². The van der Waals surface area contributed by atoms with Crippen LogP contribution in [0, 0.1) is 0 Å². The molecule has 0 aliphatic rings. The van der Waals surface area contributed by atoms with Crippen molar-refractivity contribution in [2.75, 3.05) is 0 Å². The summed E-state index contributed by atoms with van der Waals surface area (Å²) in [5, 5.41) is 8.40. The number of furan rings is 1. The summed E-state index contributed by atoms with van der Waals surface area (Å²) in [7, 11) is 0. The molecular formula is C20H20N4O. The van der Waals surface area contributed by atoms with Crippen molar-refractivity contribution >= 4 is 5.65 Å². The van der Waals surface area contributed by atoms with Gasteiger partial charge in [-0.1, -0.05) is 38.1 Å². The van der Waals surface area contributed by atoms with Gasteiger partial charge in [0, 0.05) is 24.6 Å². The Morgan fingerprint density at radius 1 is 1.08 bits per heavy atom. The quantitative estimate of drug-likeness (QED) is 0.547. The van der Waals surface area contributed by atoms with Crippen LogP contribution in [0.1, 0.15) is 36.9 Å². The number of aryl methyl sites for hydroxylation is 2. The third kappa shape index (κ3) is 3.05. The Morgan fingerprint density at radius 3 is 2.64 bits per heavy atom. The highest BCUT2D eigenvalue weighted by Gasteiger charge is 2.12. The van der Waals surface area contributed by atoms with E-state index < -0.39 is 0 Å². The molecule has 126 valence electrons. The molecule has 0 aliphatic carbocycles. The molecule has 3 aromatic heterocycles. The minimum absolute atomic E-state index is 0.518. The zero-order valence-electron chi connectivity index (χ0n) is 14.4. The third-order valence-corrected chi connectivity index (χ3v) is 4.47. The van der Waals surface area contributed by atoms with Crippen molar-refractivity contribution in [3.8, 4) is 11.1 Å². The number of aromatic nitrogens is 4. The minimum atomic E-state index is 0.518. The fourth-order valence-electron chi connectivity index (χ4n) is 2.99. The second-order valence-corrected chi connectivity index (χ2v) is 6.47. The average molecular weight is 332 g/mol. The fraction of sp³-hybridized carbons (Fsp3) is 0.250.